The van der Waals surface area contributed by atoms with Crippen molar-refractivity contribution in [1.82, 2.24) is 15.6 Å². The smallest absolute Gasteiger partial charge is 0.131 e. The SMILES string of the molecule is c1ccc(C2=NC(c3ccccc3)NC(c3cc(-c4cccc5ccccc45)cc(-c4cccc5c4ccc4c(-c6ccccc6)nc6ccccc6c45)c3)N2)cc1. The van der Waals surface area contributed by atoms with Gasteiger partial charge in [-0.05, 0) is 79.2 Å². The van der Waals surface area contributed by atoms with E-state index in [1.807, 2.05) is 6.07 Å². The molecule has 4 nitrogen and oxygen atoms in total. The summed E-state index contributed by atoms with van der Waals surface area (Å²) in [6.45, 7) is 0. The first-order chi connectivity index (χ1) is 28.7. The molecule has 1 aliphatic heterocycles. The summed E-state index contributed by atoms with van der Waals surface area (Å²) in [5.74, 6) is 0.863. The summed E-state index contributed by atoms with van der Waals surface area (Å²) in [7, 11) is 0. The van der Waals surface area contributed by atoms with Gasteiger partial charge in [-0.25, -0.2) is 9.98 Å². The van der Waals surface area contributed by atoms with Crippen LogP contribution in [-0.2, 0) is 0 Å². The highest BCUT2D eigenvalue weighted by Crippen LogP contribution is 2.42. The number of para-hydroxylation sites is 1. The molecule has 1 aromatic heterocycles. The Kier molecular flexibility index (Phi) is 8.34. The van der Waals surface area contributed by atoms with E-state index in [0.29, 0.717) is 0 Å². The van der Waals surface area contributed by atoms with Crippen LogP contribution in [0.5, 0.6) is 0 Å². The second-order valence-electron chi connectivity index (χ2n) is 15.0. The fraction of sp³-hybridized carbons (Fsp3) is 0.0370. The van der Waals surface area contributed by atoms with Crippen LogP contribution >= 0.6 is 0 Å². The predicted octanol–water partition coefficient (Wildman–Crippen LogP) is 13.0. The van der Waals surface area contributed by atoms with Crippen molar-refractivity contribution < 1.29 is 0 Å². The number of hydrogen-bond donors (Lipinski definition) is 2. The van der Waals surface area contributed by atoms with Crippen LogP contribution in [0.3, 0.4) is 0 Å². The standard InChI is InChI=1S/C54H38N4/c1-4-17-36(18-5-1)51-48-31-30-45-44(27-15-28-46(45)50(48)47-25-12-13-29-49(47)55-51)40-32-39(43-26-14-23-35-16-10-11-24-42(35)43)33-41(34-40)54-57-52(37-19-6-2-7-20-37)56-53(58-54)38-21-8-3-9-22-38/h1-34,52,54,57H,(H,56,58). The van der Waals surface area contributed by atoms with Gasteiger partial charge in [0.2, 0.25) is 0 Å². The lowest BCUT2D eigenvalue weighted by atomic mass is 9.88. The van der Waals surface area contributed by atoms with Gasteiger partial charge in [0.05, 0.1) is 11.2 Å². The number of aliphatic imine (C=N–C) groups is 1. The minimum atomic E-state index is -0.239. The van der Waals surface area contributed by atoms with Gasteiger partial charge in [-0.3, -0.25) is 5.32 Å². The van der Waals surface area contributed by atoms with E-state index in [-0.39, 0.29) is 12.3 Å². The molecule has 10 aromatic rings. The van der Waals surface area contributed by atoms with Crippen LogP contribution in [0, 0.1) is 0 Å². The van der Waals surface area contributed by atoms with Crippen LogP contribution in [0.4, 0.5) is 0 Å². The van der Waals surface area contributed by atoms with E-state index in [1.54, 1.807) is 0 Å². The van der Waals surface area contributed by atoms with Crippen LogP contribution < -0.4 is 10.6 Å². The summed E-state index contributed by atoms with van der Waals surface area (Å²) in [5.41, 5.74) is 11.1. The molecule has 2 unspecified atom stereocenters. The van der Waals surface area contributed by atoms with E-state index >= 15 is 0 Å². The van der Waals surface area contributed by atoms with Gasteiger partial charge in [-0.2, -0.15) is 0 Å². The second kappa shape index (κ2) is 14.3. The van der Waals surface area contributed by atoms with E-state index in [2.05, 4.69) is 211 Å². The number of benzene rings is 9. The first-order valence-electron chi connectivity index (χ1n) is 19.9. The normalized spacial score (nSPS) is 15.4. The number of pyridine rings is 1. The maximum atomic E-state index is 5.23. The van der Waals surface area contributed by atoms with Crippen molar-refractivity contribution in [2.75, 3.05) is 0 Å². The average Bonchev–Trinajstić information content (AvgIpc) is 3.31. The highest BCUT2D eigenvalue weighted by Gasteiger charge is 2.27. The van der Waals surface area contributed by atoms with Crippen LogP contribution in [-0.4, -0.2) is 10.8 Å². The lowest BCUT2D eigenvalue weighted by molar-refractivity contribution is 0.409. The van der Waals surface area contributed by atoms with Crippen molar-refractivity contribution in [3.05, 3.63) is 223 Å². The minimum Gasteiger partial charge on any atom is -0.350 e. The Hall–Kier alpha value is -7.40. The third-order valence-corrected chi connectivity index (χ3v) is 11.5. The number of amidine groups is 1. The van der Waals surface area contributed by atoms with E-state index in [1.165, 1.54) is 38.1 Å². The first kappa shape index (κ1) is 33.9. The third-order valence-electron chi connectivity index (χ3n) is 11.5. The van der Waals surface area contributed by atoms with Crippen molar-refractivity contribution in [3.63, 3.8) is 0 Å². The monoisotopic (exact) mass is 742 g/mol. The number of aromatic nitrogens is 1. The maximum Gasteiger partial charge on any atom is 0.131 e. The molecule has 2 N–H and O–H groups in total. The summed E-state index contributed by atoms with van der Waals surface area (Å²) in [6.07, 6.45) is -0.470. The fourth-order valence-electron chi connectivity index (χ4n) is 8.76. The Labute approximate surface area is 337 Å². The summed E-state index contributed by atoms with van der Waals surface area (Å²) in [4.78, 5) is 10.4. The topological polar surface area (TPSA) is 49.3 Å². The van der Waals surface area contributed by atoms with Gasteiger partial charge in [0.1, 0.15) is 18.2 Å². The Morgan fingerprint density at radius 1 is 0.397 bits per heavy atom. The zero-order valence-electron chi connectivity index (χ0n) is 31.7. The Bertz CT molecular complexity index is 3170. The number of rotatable bonds is 6. The number of nitrogens with zero attached hydrogens (tertiary/aromatic N) is 2. The molecule has 274 valence electrons. The number of fused-ring (bicyclic) bond motifs is 6. The second-order valence-corrected chi connectivity index (χ2v) is 15.0. The molecular formula is C54H38N4. The molecule has 58 heavy (non-hydrogen) atoms. The molecule has 2 heterocycles. The molecule has 11 rings (SSSR count). The zero-order valence-corrected chi connectivity index (χ0v) is 31.7. The van der Waals surface area contributed by atoms with Crippen LogP contribution in [0.1, 0.15) is 29.0 Å². The quantitative estimate of drug-likeness (QED) is 0.167. The van der Waals surface area contributed by atoms with Gasteiger partial charge >= 0.3 is 0 Å². The molecule has 4 heteroatoms. The van der Waals surface area contributed by atoms with Gasteiger partial charge in [0, 0.05) is 27.3 Å². The predicted molar refractivity (Wildman–Crippen MR) is 242 cm³/mol. The lowest BCUT2D eigenvalue weighted by Crippen LogP contribution is -2.45. The average molecular weight is 743 g/mol. The van der Waals surface area contributed by atoms with E-state index < -0.39 is 0 Å². The molecular weight excluding hydrogens is 705 g/mol. The van der Waals surface area contributed by atoms with E-state index in [4.69, 9.17) is 9.98 Å². The molecule has 0 saturated carbocycles. The summed E-state index contributed by atoms with van der Waals surface area (Å²) in [5, 5.41) is 16.1. The van der Waals surface area contributed by atoms with Gasteiger partial charge < -0.3 is 5.32 Å². The van der Waals surface area contributed by atoms with Gasteiger partial charge in [0.25, 0.3) is 0 Å². The number of nitrogens with one attached hydrogen (secondary N) is 2. The molecule has 1 aliphatic rings. The van der Waals surface area contributed by atoms with Crippen LogP contribution in [0.2, 0.25) is 0 Å². The molecule has 9 aromatic carbocycles. The molecule has 0 spiro atoms. The summed E-state index contributed by atoms with van der Waals surface area (Å²) < 4.78 is 0. The molecule has 2 atom stereocenters. The van der Waals surface area contributed by atoms with Gasteiger partial charge in [0.15, 0.2) is 0 Å². The van der Waals surface area contributed by atoms with Crippen molar-refractivity contribution in [2.45, 2.75) is 12.3 Å². The van der Waals surface area contributed by atoms with Crippen LogP contribution in [0.25, 0.3) is 76.7 Å². The Morgan fingerprint density at radius 3 is 1.76 bits per heavy atom. The molecule has 0 aliphatic carbocycles. The molecule has 0 amide bonds. The largest absolute Gasteiger partial charge is 0.350 e. The van der Waals surface area contributed by atoms with Crippen molar-refractivity contribution in [1.29, 1.82) is 0 Å². The molecule has 0 saturated heterocycles. The summed E-state index contributed by atoms with van der Waals surface area (Å²) >= 11 is 0. The van der Waals surface area contributed by atoms with Crippen molar-refractivity contribution >= 4 is 49.1 Å². The van der Waals surface area contributed by atoms with Gasteiger partial charge in [-0.1, -0.05) is 182 Å². The van der Waals surface area contributed by atoms with Crippen LogP contribution in [0.15, 0.2) is 211 Å². The van der Waals surface area contributed by atoms with Crippen molar-refractivity contribution in [2.24, 2.45) is 4.99 Å². The highest BCUT2D eigenvalue weighted by molar-refractivity contribution is 6.24. The first-order valence-corrected chi connectivity index (χ1v) is 19.9. The fourth-order valence-corrected chi connectivity index (χ4v) is 8.76. The summed E-state index contributed by atoms with van der Waals surface area (Å²) in [6, 6.07) is 73.7. The van der Waals surface area contributed by atoms with Crippen molar-refractivity contribution in [3.8, 4) is 33.5 Å². The molecule has 0 radical (unpaired) electrons. The zero-order chi connectivity index (χ0) is 38.4. The highest BCUT2D eigenvalue weighted by atomic mass is 15.3. The maximum absolute atomic E-state index is 5.23. The molecule has 0 fully saturated rings. The molecule has 0 bridgehead atoms. The van der Waals surface area contributed by atoms with E-state index in [0.717, 1.165) is 61.2 Å². The Balaban J connectivity index is 1.14. The minimum absolute atomic E-state index is 0.231. The third kappa shape index (κ3) is 5.99. The Morgan fingerprint density at radius 2 is 0.983 bits per heavy atom. The van der Waals surface area contributed by atoms with E-state index in [9.17, 15) is 0 Å². The number of hydrogen-bond acceptors (Lipinski definition) is 4. The van der Waals surface area contributed by atoms with Gasteiger partial charge in [-0.15, -0.1) is 0 Å². The lowest BCUT2D eigenvalue weighted by Gasteiger charge is -2.32.